The summed E-state index contributed by atoms with van der Waals surface area (Å²) < 4.78 is 1.39. The average Bonchev–Trinajstić information content (AvgIpc) is 2.92. The highest BCUT2D eigenvalue weighted by molar-refractivity contribution is 7.19. The predicted octanol–water partition coefficient (Wildman–Crippen LogP) is 2.79. The number of hydrogen-bond donors (Lipinski definition) is 1. The molecule has 1 saturated heterocycles. The predicted molar refractivity (Wildman–Crippen MR) is 89.8 cm³/mol. The van der Waals surface area contributed by atoms with Gasteiger partial charge in [-0.25, -0.2) is 0 Å². The molecule has 114 valence electrons. The second-order valence-electron chi connectivity index (χ2n) is 5.81. The summed E-state index contributed by atoms with van der Waals surface area (Å²) in [6.45, 7) is 7.85. The summed E-state index contributed by atoms with van der Waals surface area (Å²) in [6, 6.07) is 11.3. The van der Waals surface area contributed by atoms with E-state index in [1.807, 2.05) is 11.3 Å². The molecule has 2 aromatic rings. The maximum Gasteiger partial charge on any atom is 0.0586 e. The lowest BCUT2D eigenvalue weighted by Gasteiger charge is -2.38. The molecule has 0 spiro atoms. The van der Waals surface area contributed by atoms with Crippen LogP contribution in [0.3, 0.4) is 0 Å². The van der Waals surface area contributed by atoms with E-state index in [4.69, 9.17) is 0 Å². The van der Waals surface area contributed by atoms with E-state index < -0.39 is 0 Å². The highest BCUT2D eigenvalue weighted by atomic mass is 32.1. The molecule has 3 rings (SSSR count). The maximum absolute atomic E-state index is 9.41. The number of aliphatic hydroxyl groups is 1. The van der Waals surface area contributed by atoms with Crippen molar-refractivity contribution in [1.82, 2.24) is 9.80 Å². The van der Waals surface area contributed by atoms with Crippen LogP contribution in [0.5, 0.6) is 0 Å². The first-order valence-electron chi connectivity index (χ1n) is 7.85. The Labute approximate surface area is 130 Å². The van der Waals surface area contributed by atoms with E-state index >= 15 is 0 Å². The number of hydrogen-bond acceptors (Lipinski definition) is 4. The van der Waals surface area contributed by atoms with Gasteiger partial charge in [0.2, 0.25) is 0 Å². The summed E-state index contributed by atoms with van der Waals surface area (Å²) in [4.78, 5) is 6.42. The molecular formula is C17H24N2OS. The molecule has 1 aliphatic heterocycles. The Kier molecular flexibility index (Phi) is 4.91. The standard InChI is InChI=1S/C17H24N2OS/c1-2-15(13-20)19-9-7-18(8-10-19)12-16-11-14-5-3-4-6-17(14)21-16/h3-6,11,15,20H,2,7-10,12-13H2,1H3. The zero-order valence-corrected chi connectivity index (χ0v) is 13.5. The van der Waals surface area contributed by atoms with Gasteiger partial charge in [-0.15, -0.1) is 11.3 Å². The van der Waals surface area contributed by atoms with Crippen LogP contribution in [0.1, 0.15) is 18.2 Å². The lowest BCUT2D eigenvalue weighted by Crippen LogP contribution is -2.50. The average molecular weight is 304 g/mol. The van der Waals surface area contributed by atoms with Crippen molar-refractivity contribution in [3.05, 3.63) is 35.2 Å². The number of benzene rings is 1. The highest BCUT2D eigenvalue weighted by Gasteiger charge is 2.22. The van der Waals surface area contributed by atoms with Crippen LogP contribution < -0.4 is 0 Å². The van der Waals surface area contributed by atoms with Crippen LogP contribution in [-0.2, 0) is 6.54 Å². The number of rotatable bonds is 5. The highest BCUT2D eigenvalue weighted by Crippen LogP contribution is 2.26. The van der Waals surface area contributed by atoms with Crippen LogP contribution in [0.4, 0.5) is 0 Å². The fourth-order valence-corrected chi connectivity index (χ4v) is 4.23. The number of thiophene rings is 1. The van der Waals surface area contributed by atoms with E-state index in [0.29, 0.717) is 6.04 Å². The number of nitrogens with zero attached hydrogens (tertiary/aromatic N) is 2. The first-order chi connectivity index (χ1) is 10.3. The molecule has 1 N–H and O–H groups in total. The molecule has 0 amide bonds. The van der Waals surface area contributed by atoms with E-state index in [-0.39, 0.29) is 6.61 Å². The van der Waals surface area contributed by atoms with E-state index in [2.05, 4.69) is 47.1 Å². The van der Waals surface area contributed by atoms with Crippen LogP contribution in [-0.4, -0.2) is 53.7 Å². The van der Waals surface area contributed by atoms with Crippen molar-refractivity contribution in [2.75, 3.05) is 32.8 Å². The number of piperazine rings is 1. The summed E-state index contributed by atoms with van der Waals surface area (Å²) in [5.41, 5.74) is 0. The molecular weight excluding hydrogens is 280 g/mol. The largest absolute Gasteiger partial charge is 0.395 e. The Balaban J connectivity index is 1.57. The summed E-state index contributed by atoms with van der Waals surface area (Å²) in [5, 5.41) is 10.8. The topological polar surface area (TPSA) is 26.7 Å². The molecule has 3 nitrogen and oxygen atoms in total. The summed E-state index contributed by atoms with van der Waals surface area (Å²) in [5.74, 6) is 0. The maximum atomic E-state index is 9.41. The zero-order chi connectivity index (χ0) is 14.7. The van der Waals surface area contributed by atoms with Crippen molar-refractivity contribution >= 4 is 21.4 Å². The van der Waals surface area contributed by atoms with Crippen LogP contribution in [0.25, 0.3) is 10.1 Å². The molecule has 1 aromatic carbocycles. The van der Waals surface area contributed by atoms with Crippen molar-refractivity contribution < 1.29 is 5.11 Å². The van der Waals surface area contributed by atoms with Crippen molar-refractivity contribution in [2.24, 2.45) is 0 Å². The molecule has 2 heterocycles. The first kappa shape index (κ1) is 15.0. The van der Waals surface area contributed by atoms with Gasteiger partial charge in [0.25, 0.3) is 0 Å². The third-order valence-electron chi connectivity index (χ3n) is 4.46. The fourth-order valence-electron chi connectivity index (χ4n) is 3.12. The molecule has 1 aromatic heterocycles. The van der Waals surface area contributed by atoms with Crippen molar-refractivity contribution in [3.63, 3.8) is 0 Å². The molecule has 0 bridgehead atoms. The Hall–Kier alpha value is -0.940. The number of aliphatic hydroxyl groups excluding tert-OH is 1. The Morgan fingerprint density at radius 2 is 1.95 bits per heavy atom. The Morgan fingerprint density at radius 1 is 1.19 bits per heavy atom. The quantitative estimate of drug-likeness (QED) is 0.920. The molecule has 4 heteroatoms. The molecule has 0 radical (unpaired) electrons. The number of fused-ring (bicyclic) bond motifs is 1. The third-order valence-corrected chi connectivity index (χ3v) is 5.56. The van der Waals surface area contributed by atoms with Gasteiger partial charge in [0.15, 0.2) is 0 Å². The molecule has 1 fully saturated rings. The summed E-state index contributed by atoms with van der Waals surface area (Å²) in [7, 11) is 0. The van der Waals surface area contributed by atoms with E-state index in [1.54, 1.807) is 0 Å². The SMILES string of the molecule is CCC(CO)N1CCN(Cc2cc3ccccc3s2)CC1. The summed E-state index contributed by atoms with van der Waals surface area (Å²) >= 11 is 1.91. The fraction of sp³-hybridized carbons (Fsp3) is 0.529. The second kappa shape index (κ2) is 6.88. The van der Waals surface area contributed by atoms with Gasteiger partial charge in [0, 0.05) is 48.3 Å². The van der Waals surface area contributed by atoms with Crippen molar-refractivity contribution in [2.45, 2.75) is 25.9 Å². The van der Waals surface area contributed by atoms with Crippen molar-refractivity contribution in [3.8, 4) is 0 Å². The van der Waals surface area contributed by atoms with Crippen LogP contribution in [0, 0.1) is 0 Å². The molecule has 1 unspecified atom stereocenters. The van der Waals surface area contributed by atoms with Gasteiger partial charge in [-0.2, -0.15) is 0 Å². The van der Waals surface area contributed by atoms with E-state index in [0.717, 1.165) is 39.1 Å². The van der Waals surface area contributed by atoms with Gasteiger partial charge in [-0.05, 0) is 23.9 Å². The van der Waals surface area contributed by atoms with Gasteiger partial charge in [0.1, 0.15) is 0 Å². The van der Waals surface area contributed by atoms with Gasteiger partial charge in [-0.3, -0.25) is 9.80 Å². The minimum Gasteiger partial charge on any atom is -0.395 e. The van der Waals surface area contributed by atoms with E-state index in [1.165, 1.54) is 15.0 Å². The lowest BCUT2D eigenvalue weighted by molar-refractivity contribution is 0.0612. The minimum absolute atomic E-state index is 0.285. The van der Waals surface area contributed by atoms with Gasteiger partial charge in [0.05, 0.1) is 6.61 Å². The van der Waals surface area contributed by atoms with Crippen LogP contribution in [0.2, 0.25) is 0 Å². The van der Waals surface area contributed by atoms with E-state index in [9.17, 15) is 5.11 Å². The monoisotopic (exact) mass is 304 g/mol. The zero-order valence-electron chi connectivity index (χ0n) is 12.7. The van der Waals surface area contributed by atoms with Gasteiger partial charge >= 0.3 is 0 Å². The Bertz CT molecular complexity index is 538. The third kappa shape index (κ3) is 3.46. The lowest BCUT2D eigenvalue weighted by atomic mass is 10.1. The molecule has 0 saturated carbocycles. The first-order valence-corrected chi connectivity index (χ1v) is 8.66. The summed E-state index contributed by atoms with van der Waals surface area (Å²) in [6.07, 6.45) is 1.03. The molecule has 1 aliphatic rings. The van der Waals surface area contributed by atoms with Gasteiger partial charge in [-0.1, -0.05) is 25.1 Å². The minimum atomic E-state index is 0.285. The van der Waals surface area contributed by atoms with Crippen molar-refractivity contribution in [1.29, 1.82) is 0 Å². The Morgan fingerprint density at radius 3 is 2.62 bits per heavy atom. The van der Waals surface area contributed by atoms with Crippen LogP contribution >= 0.6 is 11.3 Å². The second-order valence-corrected chi connectivity index (χ2v) is 6.98. The molecule has 21 heavy (non-hydrogen) atoms. The van der Waals surface area contributed by atoms with Gasteiger partial charge < -0.3 is 5.11 Å². The smallest absolute Gasteiger partial charge is 0.0586 e. The normalized spacial score (nSPS) is 19.1. The molecule has 0 aliphatic carbocycles. The van der Waals surface area contributed by atoms with Crippen LogP contribution in [0.15, 0.2) is 30.3 Å². The molecule has 1 atom stereocenters.